The lowest BCUT2D eigenvalue weighted by Gasteiger charge is -2.27. The summed E-state index contributed by atoms with van der Waals surface area (Å²) in [7, 11) is 0. The molecule has 4 nitrogen and oxygen atoms in total. The number of hydrogen-bond acceptors (Lipinski definition) is 5. The monoisotopic (exact) mass is 347 g/mol. The van der Waals surface area contributed by atoms with Gasteiger partial charge in [0.05, 0.1) is 5.75 Å². The smallest absolute Gasteiger partial charge is 0.173 e. The lowest BCUT2D eigenvalue weighted by Crippen LogP contribution is -2.30. The van der Waals surface area contributed by atoms with Gasteiger partial charge in [0.2, 0.25) is 0 Å². The Labute approximate surface area is 145 Å². The molecule has 0 atom stereocenters. The van der Waals surface area contributed by atoms with Crippen LogP contribution in [0.25, 0.3) is 0 Å². The lowest BCUT2D eigenvalue weighted by atomic mass is 10.1. The van der Waals surface area contributed by atoms with Crippen molar-refractivity contribution in [3.8, 4) is 0 Å². The third-order valence-electron chi connectivity index (χ3n) is 3.82. The average molecular weight is 348 g/mol. The van der Waals surface area contributed by atoms with E-state index in [0.29, 0.717) is 16.3 Å². The van der Waals surface area contributed by atoms with Crippen LogP contribution in [0.1, 0.15) is 29.6 Å². The van der Waals surface area contributed by atoms with E-state index in [4.69, 9.17) is 11.6 Å². The van der Waals surface area contributed by atoms with Crippen LogP contribution in [-0.2, 0) is 0 Å². The van der Waals surface area contributed by atoms with Crippen molar-refractivity contribution in [2.45, 2.75) is 24.3 Å². The number of halogens is 1. The minimum Gasteiger partial charge on any atom is -0.356 e. The first-order valence-electron chi connectivity index (χ1n) is 7.71. The number of Topliss-reactive ketones (excluding diaryl/α,β-unsaturated/α-hetero) is 1. The van der Waals surface area contributed by atoms with Gasteiger partial charge in [-0.1, -0.05) is 23.4 Å². The molecule has 6 heteroatoms. The highest BCUT2D eigenvalue weighted by Gasteiger charge is 2.13. The van der Waals surface area contributed by atoms with E-state index in [1.54, 1.807) is 30.6 Å². The van der Waals surface area contributed by atoms with Crippen molar-refractivity contribution in [1.82, 2.24) is 9.97 Å². The molecule has 2 heterocycles. The van der Waals surface area contributed by atoms with Crippen LogP contribution in [0.5, 0.6) is 0 Å². The average Bonchev–Trinajstić information content (AvgIpc) is 2.61. The summed E-state index contributed by atoms with van der Waals surface area (Å²) in [5.41, 5.74) is 0.673. The highest BCUT2D eigenvalue weighted by Crippen LogP contribution is 2.23. The van der Waals surface area contributed by atoms with E-state index < -0.39 is 0 Å². The van der Waals surface area contributed by atoms with Crippen LogP contribution in [0.2, 0.25) is 5.02 Å². The largest absolute Gasteiger partial charge is 0.356 e. The third-order valence-corrected chi connectivity index (χ3v) is 5.00. The van der Waals surface area contributed by atoms with Crippen molar-refractivity contribution in [2.24, 2.45) is 0 Å². The summed E-state index contributed by atoms with van der Waals surface area (Å²) in [6, 6.07) is 8.96. The summed E-state index contributed by atoms with van der Waals surface area (Å²) in [4.78, 5) is 23.1. The van der Waals surface area contributed by atoms with Crippen molar-refractivity contribution in [1.29, 1.82) is 0 Å². The fourth-order valence-electron chi connectivity index (χ4n) is 2.56. The standard InChI is InChI=1S/C17H18ClN3OS/c18-14-6-4-13(5-7-14)15(22)11-23-17-10-16(19-12-20-17)21-8-2-1-3-9-21/h4-7,10,12H,1-3,8-9,11H2. The number of ketones is 1. The van der Waals surface area contributed by atoms with Crippen LogP contribution in [0.4, 0.5) is 5.82 Å². The van der Waals surface area contributed by atoms with Crippen molar-refractivity contribution < 1.29 is 4.79 Å². The van der Waals surface area contributed by atoms with E-state index in [-0.39, 0.29) is 5.78 Å². The molecule has 0 bridgehead atoms. The molecule has 1 saturated heterocycles. The first-order valence-corrected chi connectivity index (χ1v) is 9.07. The number of carbonyl (C=O) groups excluding carboxylic acids is 1. The predicted octanol–water partition coefficient (Wildman–Crippen LogP) is 4.10. The fourth-order valence-corrected chi connectivity index (χ4v) is 3.45. The quantitative estimate of drug-likeness (QED) is 0.463. The zero-order valence-corrected chi connectivity index (χ0v) is 14.3. The summed E-state index contributed by atoms with van der Waals surface area (Å²) < 4.78 is 0. The topological polar surface area (TPSA) is 46.1 Å². The second kappa shape index (κ2) is 7.79. The second-order valence-electron chi connectivity index (χ2n) is 5.48. The molecule has 0 N–H and O–H groups in total. The molecule has 3 rings (SSSR count). The number of piperidine rings is 1. The third kappa shape index (κ3) is 4.45. The molecule has 1 aliphatic heterocycles. The Kier molecular flexibility index (Phi) is 5.51. The molecule has 0 radical (unpaired) electrons. The molecule has 23 heavy (non-hydrogen) atoms. The maximum absolute atomic E-state index is 12.2. The van der Waals surface area contributed by atoms with Crippen molar-refractivity contribution in [3.05, 3.63) is 47.2 Å². The van der Waals surface area contributed by atoms with Crippen molar-refractivity contribution >= 4 is 35.0 Å². The molecule has 1 aliphatic rings. The van der Waals surface area contributed by atoms with E-state index in [2.05, 4.69) is 14.9 Å². The maximum Gasteiger partial charge on any atom is 0.173 e. The van der Waals surface area contributed by atoms with E-state index in [1.807, 2.05) is 6.07 Å². The summed E-state index contributed by atoms with van der Waals surface area (Å²) in [5.74, 6) is 1.39. The molecule has 0 spiro atoms. The Hall–Kier alpha value is -1.59. The SMILES string of the molecule is O=C(CSc1cc(N2CCCCC2)ncn1)c1ccc(Cl)cc1. The van der Waals surface area contributed by atoms with Gasteiger partial charge in [0, 0.05) is 29.7 Å². The molecular weight excluding hydrogens is 330 g/mol. The number of benzene rings is 1. The molecule has 1 aromatic carbocycles. The Morgan fingerprint density at radius 3 is 2.61 bits per heavy atom. The molecule has 2 aromatic rings. The van der Waals surface area contributed by atoms with Crippen molar-refractivity contribution in [3.63, 3.8) is 0 Å². The van der Waals surface area contributed by atoms with Gasteiger partial charge in [-0.25, -0.2) is 9.97 Å². The van der Waals surface area contributed by atoms with E-state index in [1.165, 1.54) is 31.0 Å². The highest BCUT2D eigenvalue weighted by atomic mass is 35.5. The summed E-state index contributed by atoms with van der Waals surface area (Å²) >= 11 is 7.29. The highest BCUT2D eigenvalue weighted by molar-refractivity contribution is 7.99. The maximum atomic E-state index is 12.2. The Morgan fingerprint density at radius 1 is 1.13 bits per heavy atom. The van der Waals surface area contributed by atoms with Crippen LogP contribution in [0.3, 0.4) is 0 Å². The number of rotatable bonds is 5. The number of anilines is 1. The molecule has 0 saturated carbocycles. The van der Waals surface area contributed by atoms with Crippen LogP contribution in [0.15, 0.2) is 41.7 Å². The normalized spacial score (nSPS) is 14.7. The second-order valence-corrected chi connectivity index (χ2v) is 6.91. The predicted molar refractivity (Wildman–Crippen MR) is 94.6 cm³/mol. The zero-order chi connectivity index (χ0) is 16.1. The first-order chi connectivity index (χ1) is 11.2. The first kappa shape index (κ1) is 16.3. The van der Waals surface area contributed by atoms with Crippen LogP contribution in [0, 0.1) is 0 Å². The van der Waals surface area contributed by atoms with Gasteiger partial charge in [-0.15, -0.1) is 0 Å². The summed E-state index contributed by atoms with van der Waals surface area (Å²) in [6.45, 7) is 2.09. The van der Waals surface area contributed by atoms with Gasteiger partial charge < -0.3 is 4.90 Å². The molecule has 1 aromatic heterocycles. The van der Waals surface area contributed by atoms with E-state index in [9.17, 15) is 4.79 Å². The van der Waals surface area contributed by atoms with Crippen LogP contribution in [-0.4, -0.2) is 34.6 Å². The number of carbonyl (C=O) groups is 1. The van der Waals surface area contributed by atoms with Crippen molar-refractivity contribution in [2.75, 3.05) is 23.7 Å². The van der Waals surface area contributed by atoms with Crippen LogP contribution < -0.4 is 4.90 Å². The molecule has 120 valence electrons. The Bertz CT molecular complexity index is 672. The summed E-state index contributed by atoms with van der Waals surface area (Å²) in [6.07, 6.45) is 5.29. The van der Waals surface area contributed by atoms with Gasteiger partial charge in [0.1, 0.15) is 17.2 Å². The molecule has 1 fully saturated rings. The zero-order valence-electron chi connectivity index (χ0n) is 12.7. The van der Waals surface area contributed by atoms with E-state index >= 15 is 0 Å². The molecule has 0 aliphatic carbocycles. The Balaban J connectivity index is 1.61. The van der Waals surface area contributed by atoms with Gasteiger partial charge in [-0.3, -0.25) is 4.79 Å². The van der Waals surface area contributed by atoms with E-state index in [0.717, 1.165) is 23.9 Å². The minimum absolute atomic E-state index is 0.0739. The lowest BCUT2D eigenvalue weighted by molar-refractivity contribution is 0.102. The number of thioether (sulfide) groups is 1. The van der Waals surface area contributed by atoms with Gasteiger partial charge in [-0.05, 0) is 43.5 Å². The minimum atomic E-state index is 0.0739. The molecule has 0 amide bonds. The number of aromatic nitrogens is 2. The van der Waals surface area contributed by atoms with Crippen LogP contribution >= 0.6 is 23.4 Å². The van der Waals surface area contributed by atoms with Gasteiger partial charge in [0.25, 0.3) is 0 Å². The molecule has 0 unspecified atom stereocenters. The van der Waals surface area contributed by atoms with Gasteiger partial charge >= 0.3 is 0 Å². The van der Waals surface area contributed by atoms with Gasteiger partial charge in [-0.2, -0.15) is 0 Å². The fraction of sp³-hybridized carbons (Fsp3) is 0.353. The Morgan fingerprint density at radius 2 is 1.87 bits per heavy atom. The number of hydrogen-bond donors (Lipinski definition) is 0. The molecular formula is C17H18ClN3OS. The van der Waals surface area contributed by atoms with Gasteiger partial charge in [0.15, 0.2) is 5.78 Å². The summed E-state index contributed by atoms with van der Waals surface area (Å²) in [5, 5.41) is 1.47. The number of nitrogens with zero attached hydrogens (tertiary/aromatic N) is 3.